The molecule has 0 amide bonds. The van der Waals surface area contributed by atoms with Gasteiger partial charge >= 0.3 is 0 Å². The average molecular weight is 498 g/mol. The van der Waals surface area contributed by atoms with Crippen molar-refractivity contribution in [3.05, 3.63) is 58.2 Å². The minimum Gasteiger partial charge on any atom is -0.340 e. The fraction of sp³-hybridized carbons (Fsp3) is 0.438. The van der Waals surface area contributed by atoms with E-state index < -0.39 is 0 Å². The minimum absolute atomic E-state index is 0.0821. The molecule has 0 aliphatic rings. The number of hydrogen-bond donors (Lipinski definition) is 0. The molecule has 0 N–H and O–H groups in total. The van der Waals surface area contributed by atoms with Gasteiger partial charge in [0.05, 0.1) is 22.1 Å². The minimum atomic E-state index is 0.0821. The summed E-state index contributed by atoms with van der Waals surface area (Å²) in [6.07, 6.45) is 12.4. The molecule has 1 aromatic carbocycles. The van der Waals surface area contributed by atoms with E-state index in [1.165, 1.54) is 44.0 Å². The van der Waals surface area contributed by atoms with E-state index in [2.05, 4.69) is 87.7 Å². The van der Waals surface area contributed by atoms with Crippen LogP contribution in [0.15, 0.2) is 41.9 Å². The monoisotopic (exact) mass is 497 g/mol. The maximum absolute atomic E-state index is 5.66. The number of pyridine rings is 1. The molecule has 0 radical (unpaired) electrons. The molecule has 4 aromatic rings. The van der Waals surface area contributed by atoms with Gasteiger partial charge in [0, 0.05) is 46.6 Å². The summed E-state index contributed by atoms with van der Waals surface area (Å²) in [5.74, 6) is 3.25. The van der Waals surface area contributed by atoms with Crippen LogP contribution in [-0.4, -0.2) is 14.5 Å². The Morgan fingerprint density at radius 3 is 2.64 bits per heavy atom. The number of nitrogens with zero attached hydrogens (tertiary/aromatic N) is 3. The zero-order valence-corrected chi connectivity index (χ0v) is 23.5. The topological polar surface area (TPSA) is 30.7 Å². The second-order valence-corrected chi connectivity index (χ2v) is 11.5. The first-order chi connectivity index (χ1) is 17.3. The second kappa shape index (κ2) is 11.0. The highest BCUT2D eigenvalue weighted by molar-refractivity contribution is 7.09. The van der Waals surface area contributed by atoms with Gasteiger partial charge in [-0.15, -0.1) is 23.7 Å². The molecule has 3 nitrogen and oxygen atoms in total. The summed E-state index contributed by atoms with van der Waals surface area (Å²) in [6, 6.07) is 11.2. The Balaban J connectivity index is 2.00. The predicted molar refractivity (Wildman–Crippen MR) is 156 cm³/mol. The molecular formula is C32H39N3S. The number of rotatable bonds is 10. The highest BCUT2D eigenvalue weighted by Crippen LogP contribution is 2.42. The van der Waals surface area contributed by atoms with Crippen molar-refractivity contribution in [1.82, 2.24) is 14.5 Å². The van der Waals surface area contributed by atoms with E-state index in [-0.39, 0.29) is 5.41 Å². The Morgan fingerprint density at radius 2 is 1.97 bits per heavy atom. The van der Waals surface area contributed by atoms with Gasteiger partial charge in [0.15, 0.2) is 0 Å². The molecule has 0 saturated carbocycles. The van der Waals surface area contributed by atoms with E-state index in [9.17, 15) is 0 Å². The van der Waals surface area contributed by atoms with Crippen molar-refractivity contribution in [1.29, 1.82) is 0 Å². The van der Waals surface area contributed by atoms with Crippen molar-refractivity contribution >= 4 is 22.2 Å². The summed E-state index contributed by atoms with van der Waals surface area (Å²) in [5.41, 5.74) is 8.79. The van der Waals surface area contributed by atoms with E-state index in [4.69, 9.17) is 16.4 Å². The summed E-state index contributed by atoms with van der Waals surface area (Å²) in [7, 11) is 0. The van der Waals surface area contributed by atoms with E-state index in [0.29, 0.717) is 5.92 Å². The van der Waals surface area contributed by atoms with E-state index >= 15 is 0 Å². The van der Waals surface area contributed by atoms with Gasteiger partial charge in [-0.2, -0.15) is 0 Å². The molecule has 0 fully saturated rings. The third-order valence-electron chi connectivity index (χ3n) is 7.41. The summed E-state index contributed by atoms with van der Waals surface area (Å²) < 4.78 is 2.49. The standard InChI is InChI=1S/C32H39N3S/c1-8-12-17-32(6,7)20-26-25-19-23(27-21-36-29(10-3)34-27)15-16-28(25)35(11-4)31(26)24-14-13-18-33-30(24)22(5)9-2/h1,13-16,18-19,21-22H,9-12,17,20H2,2-7H3. The SMILES string of the molecule is C#CCCC(C)(C)Cc1c(-c2cccnc2C(C)CC)n(CC)c2ccc(-c3csc(CC)n3)cc12. The number of benzene rings is 1. The maximum atomic E-state index is 5.66. The van der Waals surface area contributed by atoms with Crippen LogP contribution < -0.4 is 0 Å². The third-order valence-corrected chi connectivity index (χ3v) is 8.40. The molecule has 188 valence electrons. The van der Waals surface area contributed by atoms with Crippen LogP contribution in [-0.2, 0) is 19.4 Å². The summed E-state index contributed by atoms with van der Waals surface area (Å²) in [5, 5.41) is 4.69. The summed E-state index contributed by atoms with van der Waals surface area (Å²) in [6.45, 7) is 14.5. The quantitative estimate of drug-likeness (QED) is 0.205. The smallest absolute Gasteiger partial charge is 0.0929 e. The number of hydrogen-bond acceptors (Lipinski definition) is 3. The Kier molecular flexibility index (Phi) is 8.00. The first-order valence-corrected chi connectivity index (χ1v) is 14.2. The molecule has 4 rings (SSSR count). The van der Waals surface area contributed by atoms with Gasteiger partial charge in [0.1, 0.15) is 0 Å². The molecule has 0 saturated heterocycles. The lowest BCUT2D eigenvalue weighted by Gasteiger charge is -2.25. The molecule has 0 bridgehead atoms. The lowest BCUT2D eigenvalue weighted by molar-refractivity contribution is 0.339. The number of fused-ring (bicyclic) bond motifs is 1. The van der Waals surface area contributed by atoms with Crippen molar-refractivity contribution in [3.8, 4) is 34.9 Å². The average Bonchev–Trinajstić information content (AvgIpc) is 3.49. The molecule has 1 unspecified atom stereocenters. The molecule has 0 aliphatic carbocycles. The van der Waals surface area contributed by atoms with E-state index in [1.807, 2.05) is 6.20 Å². The summed E-state index contributed by atoms with van der Waals surface area (Å²) >= 11 is 1.75. The molecular weight excluding hydrogens is 458 g/mol. The van der Waals surface area contributed by atoms with Crippen LogP contribution in [0.4, 0.5) is 0 Å². The second-order valence-electron chi connectivity index (χ2n) is 10.6. The molecule has 36 heavy (non-hydrogen) atoms. The normalized spacial score (nSPS) is 12.7. The van der Waals surface area contributed by atoms with Crippen molar-refractivity contribution in [2.24, 2.45) is 5.41 Å². The maximum Gasteiger partial charge on any atom is 0.0929 e. The van der Waals surface area contributed by atoms with Crippen LogP contribution in [0.2, 0.25) is 0 Å². The third kappa shape index (κ3) is 5.13. The van der Waals surface area contributed by atoms with Gasteiger partial charge in [-0.3, -0.25) is 4.98 Å². The van der Waals surface area contributed by atoms with Crippen molar-refractivity contribution in [2.75, 3.05) is 0 Å². The van der Waals surface area contributed by atoms with Crippen molar-refractivity contribution in [3.63, 3.8) is 0 Å². The Labute approximate surface area is 221 Å². The first-order valence-electron chi connectivity index (χ1n) is 13.3. The van der Waals surface area contributed by atoms with Crippen molar-refractivity contribution in [2.45, 2.75) is 86.1 Å². The van der Waals surface area contributed by atoms with Gasteiger partial charge in [0.2, 0.25) is 0 Å². The number of aromatic nitrogens is 3. The first kappa shape index (κ1) is 26.2. The van der Waals surface area contributed by atoms with Crippen LogP contribution in [0.1, 0.15) is 83.0 Å². The van der Waals surface area contributed by atoms with E-state index in [0.717, 1.165) is 44.3 Å². The number of aryl methyl sites for hydroxylation is 2. The lowest BCUT2D eigenvalue weighted by atomic mass is 9.80. The highest BCUT2D eigenvalue weighted by atomic mass is 32.1. The molecule has 0 aliphatic heterocycles. The fourth-order valence-corrected chi connectivity index (χ4v) is 5.94. The van der Waals surface area contributed by atoms with Gasteiger partial charge in [-0.1, -0.05) is 40.7 Å². The Hall–Kier alpha value is -2.90. The van der Waals surface area contributed by atoms with Crippen LogP contribution in [0.5, 0.6) is 0 Å². The van der Waals surface area contributed by atoms with Crippen LogP contribution in [0.3, 0.4) is 0 Å². The molecule has 3 heterocycles. The van der Waals surface area contributed by atoms with Crippen LogP contribution >= 0.6 is 11.3 Å². The number of thiazole rings is 1. The fourth-order valence-electron chi connectivity index (χ4n) is 5.19. The van der Waals surface area contributed by atoms with Crippen LogP contribution in [0, 0.1) is 17.8 Å². The lowest BCUT2D eigenvalue weighted by Crippen LogP contribution is -2.16. The molecule has 0 spiro atoms. The highest BCUT2D eigenvalue weighted by Gasteiger charge is 2.27. The van der Waals surface area contributed by atoms with Gasteiger partial charge < -0.3 is 4.57 Å². The van der Waals surface area contributed by atoms with Crippen molar-refractivity contribution < 1.29 is 0 Å². The van der Waals surface area contributed by atoms with Gasteiger partial charge in [-0.05, 0) is 73.8 Å². The predicted octanol–water partition coefficient (Wildman–Crippen LogP) is 8.90. The zero-order valence-electron chi connectivity index (χ0n) is 22.7. The van der Waals surface area contributed by atoms with Gasteiger partial charge in [0.25, 0.3) is 0 Å². The number of terminal acetylenes is 1. The zero-order chi connectivity index (χ0) is 25.9. The molecule has 4 heteroatoms. The molecule has 1 atom stereocenters. The Morgan fingerprint density at radius 1 is 1.17 bits per heavy atom. The largest absolute Gasteiger partial charge is 0.340 e. The van der Waals surface area contributed by atoms with E-state index in [1.54, 1.807) is 11.3 Å². The Bertz CT molecular complexity index is 1380. The molecule has 3 aromatic heterocycles. The summed E-state index contributed by atoms with van der Waals surface area (Å²) in [4.78, 5) is 9.77. The van der Waals surface area contributed by atoms with Crippen LogP contribution in [0.25, 0.3) is 33.4 Å². The van der Waals surface area contributed by atoms with Gasteiger partial charge in [-0.25, -0.2) is 4.98 Å².